The maximum atomic E-state index is 11.6. The SMILES string of the molecule is COc1cccc(C(=O)OCC(C)C)c1O. The molecule has 1 aromatic rings. The van der Waals surface area contributed by atoms with Crippen molar-refractivity contribution in [2.75, 3.05) is 13.7 Å². The van der Waals surface area contributed by atoms with Crippen LogP contribution in [0.5, 0.6) is 11.5 Å². The minimum atomic E-state index is -0.537. The van der Waals surface area contributed by atoms with Crippen LogP contribution in [0.2, 0.25) is 0 Å². The van der Waals surface area contributed by atoms with E-state index >= 15 is 0 Å². The first-order chi connectivity index (χ1) is 7.56. The Hall–Kier alpha value is -1.71. The zero-order chi connectivity index (χ0) is 12.1. The van der Waals surface area contributed by atoms with Crippen molar-refractivity contribution in [3.8, 4) is 11.5 Å². The number of carbonyl (C=O) groups excluding carboxylic acids is 1. The van der Waals surface area contributed by atoms with E-state index in [-0.39, 0.29) is 23.0 Å². The molecular formula is C12H16O4. The molecule has 0 aliphatic heterocycles. The molecule has 0 aromatic heterocycles. The number of phenolic OH excluding ortho intramolecular Hbond substituents is 1. The molecule has 1 rings (SSSR count). The summed E-state index contributed by atoms with van der Waals surface area (Å²) in [6.45, 7) is 4.22. The summed E-state index contributed by atoms with van der Waals surface area (Å²) >= 11 is 0. The number of hydrogen-bond acceptors (Lipinski definition) is 4. The molecule has 88 valence electrons. The fourth-order valence-corrected chi connectivity index (χ4v) is 1.17. The van der Waals surface area contributed by atoms with Gasteiger partial charge >= 0.3 is 5.97 Å². The Balaban J connectivity index is 2.83. The van der Waals surface area contributed by atoms with Crippen molar-refractivity contribution >= 4 is 5.97 Å². The van der Waals surface area contributed by atoms with Gasteiger partial charge in [0.05, 0.1) is 13.7 Å². The van der Waals surface area contributed by atoms with Gasteiger partial charge in [0.25, 0.3) is 0 Å². The number of para-hydroxylation sites is 1. The molecule has 0 radical (unpaired) electrons. The van der Waals surface area contributed by atoms with Crippen LogP contribution in [0.15, 0.2) is 18.2 Å². The normalized spacial score (nSPS) is 10.2. The summed E-state index contributed by atoms with van der Waals surface area (Å²) in [6.07, 6.45) is 0. The van der Waals surface area contributed by atoms with Crippen LogP contribution >= 0.6 is 0 Å². The number of ether oxygens (including phenoxy) is 2. The number of aromatic hydroxyl groups is 1. The predicted molar refractivity (Wildman–Crippen MR) is 59.8 cm³/mol. The number of rotatable bonds is 4. The highest BCUT2D eigenvalue weighted by Gasteiger charge is 2.16. The number of phenols is 1. The van der Waals surface area contributed by atoms with Crippen LogP contribution in [0, 0.1) is 5.92 Å². The third-order valence-corrected chi connectivity index (χ3v) is 1.99. The second-order valence-corrected chi connectivity index (χ2v) is 3.85. The molecule has 0 heterocycles. The second kappa shape index (κ2) is 5.39. The van der Waals surface area contributed by atoms with Gasteiger partial charge in [-0.05, 0) is 18.1 Å². The molecule has 0 saturated carbocycles. The zero-order valence-corrected chi connectivity index (χ0v) is 9.69. The van der Waals surface area contributed by atoms with E-state index in [0.717, 1.165) is 0 Å². The summed E-state index contributed by atoms with van der Waals surface area (Å²) in [5, 5.41) is 9.70. The molecule has 0 spiro atoms. The van der Waals surface area contributed by atoms with E-state index in [1.165, 1.54) is 13.2 Å². The number of methoxy groups -OCH3 is 1. The van der Waals surface area contributed by atoms with Gasteiger partial charge in [0.1, 0.15) is 5.56 Å². The molecule has 0 bridgehead atoms. The lowest BCUT2D eigenvalue weighted by Crippen LogP contribution is -2.10. The Labute approximate surface area is 94.8 Å². The largest absolute Gasteiger partial charge is 0.504 e. The van der Waals surface area contributed by atoms with E-state index in [1.54, 1.807) is 12.1 Å². The quantitative estimate of drug-likeness (QED) is 0.797. The smallest absolute Gasteiger partial charge is 0.342 e. The lowest BCUT2D eigenvalue weighted by atomic mass is 10.2. The number of hydrogen-bond donors (Lipinski definition) is 1. The molecule has 16 heavy (non-hydrogen) atoms. The summed E-state index contributed by atoms with van der Waals surface area (Å²) < 4.78 is 9.92. The van der Waals surface area contributed by atoms with Gasteiger partial charge < -0.3 is 14.6 Å². The standard InChI is InChI=1S/C12H16O4/c1-8(2)7-16-12(14)9-5-4-6-10(15-3)11(9)13/h4-6,8,13H,7H2,1-3H3. The predicted octanol–water partition coefficient (Wildman–Crippen LogP) is 2.21. The van der Waals surface area contributed by atoms with Crippen LogP contribution in [0.1, 0.15) is 24.2 Å². The number of esters is 1. The van der Waals surface area contributed by atoms with Crippen LogP contribution in [-0.2, 0) is 4.74 Å². The van der Waals surface area contributed by atoms with Gasteiger partial charge in [-0.2, -0.15) is 0 Å². The molecule has 1 N–H and O–H groups in total. The van der Waals surface area contributed by atoms with Crippen molar-refractivity contribution in [3.63, 3.8) is 0 Å². The van der Waals surface area contributed by atoms with Crippen molar-refractivity contribution in [3.05, 3.63) is 23.8 Å². The van der Waals surface area contributed by atoms with Crippen molar-refractivity contribution in [2.45, 2.75) is 13.8 Å². The molecule has 0 unspecified atom stereocenters. The zero-order valence-electron chi connectivity index (χ0n) is 9.69. The van der Waals surface area contributed by atoms with Crippen LogP contribution in [0.4, 0.5) is 0 Å². The molecule has 0 aliphatic carbocycles. The molecular weight excluding hydrogens is 208 g/mol. The van der Waals surface area contributed by atoms with E-state index < -0.39 is 5.97 Å². The van der Waals surface area contributed by atoms with Gasteiger partial charge in [0.2, 0.25) is 0 Å². The summed E-state index contributed by atoms with van der Waals surface area (Å²) in [7, 11) is 1.43. The van der Waals surface area contributed by atoms with Crippen LogP contribution in [0.25, 0.3) is 0 Å². The first-order valence-corrected chi connectivity index (χ1v) is 5.09. The Morgan fingerprint density at radius 2 is 2.12 bits per heavy atom. The minimum absolute atomic E-state index is 0.125. The van der Waals surface area contributed by atoms with E-state index in [9.17, 15) is 9.90 Å². The fraction of sp³-hybridized carbons (Fsp3) is 0.417. The van der Waals surface area contributed by atoms with Crippen LogP contribution in [0.3, 0.4) is 0 Å². The third-order valence-electron chi connectivity index (χ3n) is 1.99. The van der Waals surface area contributed by atoms with Crippen LogP contribution in [-0.4, -0.2) is 24.8 Å². The van der Waals surface area contributed by atoms with E-state index in [1.807, 2.05) is 13.8 Å². The lowest BCUT2D eigenvalue weighted by molar-refractivity contribution is 0.0455. The van der Waals surface area contributed by atoms with Gasteiger partial charge in [0, 0.05) is 0 Å². The Kier molecular flexibility index (Phi) is 4.17. The molecule has 0 amide bonds. The summed E-state index contributed by atoms with van der Waals surface area (Å²) in [6, 6.07) is 4.71. The summed E-state index contributed by atoms with van der Waals surface area (Å²) in [5.74, 6) is -0.195. The highest BCUT2D eigenvalue weighted by molar-refractivity contribution is 5.93. The summed E-state index contributed by atoms with van der Waals surface area (Å²) in [4.78, 5) is 11.6. The molecule has 1 aromatic carbocycles. The average molecular weight is 224 g/mol. The first-order valence-electron chi connectivity index (χ1n) is 5.09. The van der Waals surface area contributed by atoms with Crippen LogP contribution < -0.4 is 4.74 Å². The fourth-order valence-electron chi connectivity index (χ4n) is 1.17. The molecule has 0 atom stereocenters. The molecule has 0 saturated heterocycles. The Morgan fingerprint density at radius 3 is 2.69 bits per heavy atom. The van der Waals surface area contributed by atoms with E-state index in [0.29, 0.717) is 6.61 Å². The summed E-state index contributed by atoms with van der Waals surface area (Å²) in [5.41, 5.74) is 0.125. The average Bonchev–Trinajstić information content (AvgIpc) is 2.26. The van der Waals surface area contributed by atoms with Crippen molar-refractivity contribution < 1.29 is 19.4 Å². The topological polar surface area (TPSA) is 55.8 Å². The van der Waals surface area contributed by atoms with Gasteiger partial charge in [-0.25, -0.2) is 4.79 Å². The Bertz CT molecular complexity index is 371. The highest BCUT2D eigenvalue weighted by atomic mass is 16.5. The van der Waals surface area contributed by atoms with Crippen molar-refractivity contribution in [1.82, 2.24) is 0 Å². The molecule has 0 fully saturated rings. The van der Waals surface area contributed by atoms with E-state index in [4.69, 9.17) is 9.47 Å². The van der Waals surface area contributed by atoms with Crippen molar-refractivity contribution in [1.29, 1.82) is 0 Å². The monoisotopic (exact) mass is 224 g/mol. The minimum Gasteiger partial charge on any atom is -0.504 e. The van der Waals surface area contributed by atoms with Gasteiger partial charge in [-0.3, -0.25) is 0 Å². The second-order valence-electron chi connectivity index (χ2n) is 3.85. The lowest BCUT2D eigenvalue weighted by Gasteiger charge is -2.10. The number of benzene rings is 1. The third kappa shape index (κ3) is 2.89. The van der Waals surface area contributed by atoms with Gasteiger partial charge in [0.15, 0.2) is 11.5 Å². The van der Waals surface area contributed by atoms with E-state index in [2.05, 4.69) is 0 Å². The first kappa shape index (κ1) is 12.4. The molecule has 4 heteroatoms. The van der Waals surface area contributed by atoms with Gasteiger partial charge in [-0.1, -0.05) is 19.9 Å². The maximum Gasteiger partial charge on any atom is 0.342 e. The highest BCUT2D eigenvalue weighted by Crippen LogP contribution is 2.29. The Morgan fingerprint density at radius 1 is 1.44 bits per heavy atom. The maximum absolute atomic E-state index is 11.6. The van der Waals surface area contributed by atoms with Gasteiger partial charge in [-0.15, -0.1) is 0 Å². The van der Waals surface area contributed by atoms with Crippen molar-refractivity contribution in [2.24, 2.45) is 5.92 Å². The number of carbonyl (C=O) groups is 1. The molecule has 4 nitrogen and oxygen atoms in total. The molecule has 0 aliphatic rings.